The predicted molar refractivity (Wildman–Crippen MR) is 114 cm³/mol. The summed E-state index contributed by atoms with van der Waals surface area (Å²) in [5.74, 6) is 0.139. The highest BCUT2D eigenvalue weighted by Crippen LogP contribution is 2.22. The van der Waals surface area contributed by atoms with Crippen LogP contribution in [0.15, 0.2) is 48.5 Å². The van der Waals surface area contributed by atoms with Crippen molar-refractivity contribution in [3.8, 4) is 5.75 Å². The summed E-state index contributed by atoms with van der Waals surface area (Å²) in [5, 5.41) is 11.7. The molecule has 2 aromatic rings. The van der Waals surface area contributed by atoms with E-state index >= 15 is 0 Å². The maximum absolute atomic E-state index is 10.4. The molecule has 0 saturated heterocycles. The van der Waals surface area contributed by atoms with Gasteiger partial charge in [-0.25, -0.2) is 0 Å². The first-order valence-electron chi connectivity index (χ1n) is 10.1. The number of benzene rings is 2. The lowest BCUT2D eigenvalue weighted by molar-refractivity contribution is -0.136. The Morgan fingerprint density at radius 1 is 0.929 bits per heavy atom. The van der Waals surface area contributed by atoms with Crippen LogP contribution in [0.4, 0.5) is 0 Å². The minimum Gasteiger partial charge on any atom is -0.493 e. The highest BCUT2D eigenvalue weighted by Gasteiger charge is 2.12. The number of carbonyl (C=O) groups is 1. The van der Waals surface area contributed by atoms with Crippen molar-refractivity contribution in [3.05, 3.63) is 65.2 Å². The van der Waals surface area contributed by atoms with Gasteiger partial charge in [-0.15, -0.1) is 0 Å². The lowest BCUT2D eigenvalue weighted by Gasteiger charge is -2.19. The van der Waals surface area contributed by atoms with Crippen molar-refractivity contribution in [1.82, 2.24) is 5.32 Å². The zero-order valence-corrected chi connectivity index (χ0v) is 17.3. The largest absolute Gasteiger partial charge is 0.493 e. The molecule has 0 aliphatic carbocycles. The van der Waals surface area contributed by atoms with Crippen LogP contribution in [0.2, 0.25) is 0 Å². The molecule has 2 aromatic carbocycles. The predicted octanol–water partition coefficient (Wildman–Crippen LogP) is 4.60. The molecular weight excluding hydrogens is 350 g/mol. The standard InChI is InChI=1S/C24H33NO3/c1-24(2,3)21-10-6-20(7-11-21)15-18-28-22-12-8-19(9-13-22)5-4-16-25-17-14-23(26)27/h6-13,25H,4-5,14-18H2,1-3H3,(H,26,27). The van der Waals surface area contributed by atoms with Crippen LogP contribution in [-0.4, -0.2) is 30.8 Å². The third-order valence-corrected chi connectivity index (χ3v) is 4.74. The first-order valence-corrected chi connectivity index (χ1v) is 10.1. The number of rotatable bonds is 11. The zero-order chi connectivity index (χ0) is 20.4. The first kappa shape index (κ1) is 22.0. The maximum Gasteiger partial charge on any atom is 0.304 e. The van der Waals surface area contributed by atoms with Gasteiger partial charge in [0, 0.05) is 13.0 Å². The highest BCUT2D eigenvalue weighted by molar-refractivity contribution is 5.66. The molecule has 4 nitrogen and oxygen atoms in total. The van der Waals surface area contributed by atoms with Gasteiger partial charge >= 0.3 is 5.97 Å². The molecule has 0 unspecified atom stereocenters. The van der Waals surface area contributed by atoms with Gasteiger partial charge in [0.05, 0.1) is 13.0 Å². The van der Waals surface area contributed by atoms with Gasteiger partial charge in [-0.3, -0.25) is 4.79 Å². The van der Waals surface area contributed by atoms with Crippen LogP contribution in [0.5, 0.6) is 5.75 Å². The molecule has 0 heterocycles. The van der Waals surface area contributed by atoms with E-state index in [1.54, 1.807) is 0 Å². The molecule has 0 aliphatic rings. The summed E-state index contributed by atoms with van der Waals surface area (Å²) in [5.41, 5.74) is 4.10. The van der Waals surface area contributed by atoms with E-state index in [1.165, 1.54) is 16.7 Å². The minimum atomic E-state index is -0.759. The molecule has 28 heavy (non-hydrogen) atoms. The van der Waals surface area contributed by atoms with Gasteiger partial charge in [0.2, 0.25) is 0 Å². The van der Waals surface area contributed by atoms with Crippen molar-refractivity contribution < 1.29 is 14.6 Å². The fourth-order valence-corrected chi connectivity index (χ4v) is 2.95. The molecule has 0 bridgehead atoms. The van der Waals surface area contributed by atoms with Gasteiger partial charge in [-0.1, -0.05) is 57.2 Å². The normalized spacial score (nSPS) is 11.4. The SMILES string of the molecule is CC(C)(C)c1ccc(CCOc2ccc(CCCNCCC(=O)O)cc2)cc1. The molecule has 0 fully saturated rings. The molecule has 0 aliphatic heterocycles. The summed E-state index contributed by atoms with van der Waals surface area (Å²) in [7, 11) is 0. The van der Waals surface area contributed by atoms with Crippen molar-refractivity contribution in [2.75, 3.05) is 19.7 Å². The van der Waals surface area contributed by atoms with E-state index < -0.39 is 5.97 Å². The molecule has 152 valence electrons. The van der Waals surface area contributed by atoms with Crippen LogP contribution in [-0.2, 0) is 23.1 Å². The Morgan fingerprint density at radius 2 is 1.54 bits per heavy atom. The second kappa shape index (κ2) is 10.9. The van der Waals surface area contributed by atoms with Gasteiger partial charge in [-0.2, -0.15) is 0 Å². The van der Waals surface area contributed by atoms with Crippen molar-refractivity contribution in [3.63, 3.8) is 0 Å². The Morgan fingerprint density at radius 3 is 2.14 bits per heavy atom. The van der Waals surface area contributed by atoms with E-state index in [0.29, 0.717) is 13.2 Å². The highest BCUT2D eigenvalue weighted by atomic mass is 16.5. The van der Waals surface area contributed by atoms with Gasteiger partial charge < -0.3 is 15.2 Å². The lowest BCUT2D eigenvalue weighted by Crippen LogP contribution is -2.19. The Kier molecular flexibility index (Phi) is 8.52. The van der Waals surface area contributed by atoms with Gasteiger partial charge in [0.15, 0.2) is 0 Å². The van der Waals surface area contributed by atoms with Crippen LogP contribution >= 0.6 is 0 Å². The van der Waals surface area contributed by atoms with Crippen LogP contribution < -0.4 is 10.1 Å². The van der Waals surface area contributed by atoms with Crippen molar-refractivity contribution in [2.45, 2.75) is 51.9 Å². The summed E-state index contributed by atoms with van der Waals surface area (Å²) >= 11 is 0. The minimum absolute atomic E-state index is 0.173. The molecule has 0 saturated carbocycles. The number of carboxylic acid groups (broad SMARTS) is 1. The fourth-order valence-electron chi connectivity index (χ4n) is 2.95. The summed E-state index contributed by atoms with van der Waals surface area (Å²) in [6.07, 6.45) is 3.03. The van der Waals surface area contributed by atoms with Crippen LogP contribution in [0.25, 0.3) is 0 Å². The second-order valence-corrected chi connectivity index (χ2v) is 8.19. The average Bonchev–Trinajstić information content (AvgIpc) is 2.65. The van der Waals surface area contributed by atoms with E-state index in [1.807, 2.05) is 12.1 Å². The second-order valence-electron chi connectivity index (χ2n) is 8.19. The third-order valence-electron chi connectivity index (χ3n) is 4.74. The van der Waals surface area contributed by atoms with E-state index in [0.717, 1.165) is 31.6 Å². The van der Waals surface area contributed by atoms with E-state index in [-0.39, 0.29) is 11.8 Å². The molecule has 0 amide bonds. The molecule has 0 aromatic heterocycles. The molecule has 0 atom stereocenters. The van der Waals surface area contributed by atoms with Crippen molar-refractivity contribution in [1.29, 1.82) is 0 Å². The third kappa shape index (κ3) is 8.13. The fraction of sp³-hybridized carbons (Fsp3) is 0.458. The van der Waals surface area contributed by atoms with Crippen LogP contribution in [0.1, 0.15) is 50.3 Å². The number of nitrogens with one attached hydrogen (secondary N) is 1. The van der Waals surface area contributed by atoms with Crippen LogP contribution in [0, 0.1) is 0 Å². The van der Waals surface area contributed by atoms with Gasteiger partial charge in [0.25, 0.3) is 0 Å². The van der Waals surface area contributed by atoms with E-state index in [9.17, 15) is 4.79 Å². The molecular formula is C24H33NO3. The quantitative estimate of drug-likeness (QED) is 0.557. The van der Waals surface area contributed by atoms with Gasteiger partial charge in [0.1, 0.15) is 5.75 Å². The van der Waals surface area contributed by atoms with E-state index in [2.05, 4.69) is 62.5 Å². The number of ether oxygens (including phenoxy) is 1. The lowest BCUT2D eigenvalue weighted by atomic mass is 9.86. The molecule has 2 N–H and O–H groups in total. The monoisotopic (exact) mass is 383 g/mol. The Hall–Kier alpha value is -2.33. The molecule has 2 rings (SSSR count). The smallest absolute Gasteiger partial charge is 0.304 e. The number of hydrogen-bond acceptors (Lipinski definition) is 3. The Bertz CT molecular complexity index is 715. The zero-order valence-electron chi connectivity index (χ0n) is 17.3. The maximum atomic E-state index is 10.4. The van der Waals surface area contributed by atoms with Crippen molar-refractivity contribution >= 4 is 5.97 Å². The van der Waals surface area contributed by atoms with Crippen LogP contribution in [0.3, 0.4) is 0 Å². The summed E-state index contributed by atoms with van der Waals surface area (Å²) in [6.45, 7) is 8.71. The summed E-state index contributed by atoms with van der Waals surface area (Å²) in [4.78, 5) is 10.4. The van der Waals surface area contributed by atoms with E-state index in [4.69, 9.17) is 9.84 Å². The Balaban J connectivity index is 1.66. The molecule has 0 spiro atoms. The first-order chi connectivity index (χ1) is 13.3. The average molecular weight is 384 g/mol. The number of carboxylic acids is 1. The van der Waals surface area contributed by atoms with Gasteiger partial charge in [-0.05, 0) is 53.6 Å². The van der Waals surface area contributed by atoms with Crippen molar-refractivity contribution in [2.24, 2.45) is 0 Å². The summed E-state index contributed by atoms with van der Waals surface area (Å²) < 4.78 is 5.87. The topological polar surface area (TPSA) is 58.6 Å². The number of hydrogen-bond donors (Lipinski definition) is 2. The number of aryl methyl sites for hydroxylation is 1. The Labute approximate surface area is 168 Å². The molecule has 4 heteroatoms. The summed E-state index contributed by atoms with van der Waals surface area (Å²) in [6, 6.07) is 17.1. The number of aliphatic carboxylic acids is 1. The molecule has 0 radical (unpaired) electrons.